The molecule has 0 atom stereocenters. The molecule has 0 fully saturated rings. The van der Waals surface area contributed by atoms with E-state index in [-0.39, 0.29) is 12.5 Å². The number of methoxy groups -OCH3 is 1. The van der Waals surface area contributed by atoms with E-state index in [0.29, 0.717) is 22.9 Å². The van der Waals surface area contributed by atoms with Gasteiger partial charge in [0.05, 0.1) is 24.2 Å². The van der Waals surface area contributed by atoms with Crippen LogP contribution in [0.25, 0.3) is 0 Å². The van der Waals surface area contributed by atoms with Crippen LogP contribution in [-0.2, 0) is 11.2 Å². The van der Waals surface area contributed by atoms with E-state index in [1.54, 1.807) is 6.07 Å². The van der Waals surface area contributed by atoms with Crippen molar-refractivity contribution in [3.05, 3.63) is 62.2 Å². The summed E-state index contributed by atoms with van der Waals surface area (Å²) in [6, 6.07) is 13.1. The van der Waals surface area contributed by atoms with Crippen LogP contribution in [0.4, 0.5) is 0 Å². The van der Waals surface area contributed by atoms with Crippen molar-refractivity contribution in [2.45, 2.75) is 6.42 Å². The predicted octanol–water partition coefficient (Wildman–Crippen LogP) is 3.04. The van der Waals surface area contributed by atoms with Gasteiger partial charge in [-0.2, -0.15) is 0 Å². The quantitative estimate of drug-likeness (QED) is 0.609. The fourth-order valence-electron chi connectivity index (χ4n) is 2.18. The molecule has 2 amide bonds. The summed E-state index contributed by atoms with van der Waals surface area (Å²) in [4.78, 5) is 24.1. The third-order valence-electron chi connectivity index (χ3n) is 3.48. The van der Waals surface area contributed by atoms with Crippen LogP contribution in [0.2, 0.25) is 5.02 Å². The zero-order valence-corrected chi connectivity index (χ0v) is 16.6. The van der Waals surface area contributed by atoms with Crippen LogP contribution in [0.1, 0.15) is 15.9 Å². The molecule has 0 radical (unpaired) electrons. The maximum atomic E-state index is 12.3. The summed E-state index contributed by atoms with van der Waals surface area (Å²) >= 11 is 8.11. The second kappa shape index (κ2) is 9.62. The lowest BCUT2D eigenvalue weighted by Gasteiger charge is -2.11. The van der Waals surface area contributed by atoms with Crippen LogP contribution in [0.15, 0.2) is 42.5 Å². The van der Waals surface area contributed by atoms with Gasteiger partial charge >= 0.3 is 0 Å². The minimum atomic E-state index is -0.409. The zero-order valence-electron chi connectivity index (χ0n) is 13.6. The summed E-state index contributed by atoms with van der Waals surface area (Å²) in [7, 11) is 1.48. The molecule has 0 saturated heterocycles. The highest BCUT2D eigenvalue weighted by atomic mass is 127. The number of benzene rings is 2. The van der Waals surface area contributed by atoms with E-state index >= 15 is 0 Å². The Balaban J connectivity index is 1.83. The molecule has 2 N–H and O–H groups in total. The monoisotopic (exact) mass is 472 g/mol. The molecule has 0 aromatic heterocycles. The van der Waals surface area contributed by atoms with Gasteiger partial charge in [-0.05, 0) is 46.7 Å². The highest BCUT2D eigenvalue weighted by molar-refractivity contribution is 14.1. The van der Waals surface area contributed by atoms with E-state index in [1.807, 2.05) is 30.3 Å². The Morgan fingerprint density at radius 3 is 2.56 bits per heavy atom. The Morgan fingerprint density at radius 2 is 1.88 bits per heavy atom. The molecule has 7 heteroatoms. The van der Waals surface area contributed by atoms with Crippen molar-refractivity contribution in [1.82, 2.24) is 10.6 Å². The van der Waals surface area contributed by atoms with Crippen molar-refractivity contribution >= 4 is 46.0 Å². The number of carbonyl (C=O) groups excluding carboxylic acids is 2. The molecule has 0 aliphatic heterocycles. The molecule has 2 rings (SSSR count). The lowest BCUT2D eigenvalue weighted by molar-refractivity contribution is -0.120. The summed E-state index contributed by atoms with van der Waals surface area (Å²) in [5.41, 5.74) is 1.44. The summed E-state index contributed by atoms with van der Waals surface area (Å²) < 4.78 is 5.98. The summed E-state index contributed by atoms with van der Waals surface area (Å²) in [5.74, 6) is -0.246. The maximum Gasteiger partial charge on any atom is 0.255 e. The summed E-state index contributed by atoms with van der Waals surface area (Å²) in [6.07, 6.45) is 0.737. The Bertz CT molecular complexity index is 753. The van der Waals surface area contributed by atoms with Gasteiger partial charge in [0.2, 0.25) is 5.91 Å². The molecular weight excluding hydrogens is 455 g/mol. The maximum absolute atomic E-state index is 12.3. The molecule has 0 unspecified atom stereocenters. The molecule has 0 aliphatic rings. The second-order valence-corrected chi connectivity index (χ2v) is 6.80. The van der Waals surface area contributed by atoms with Crippen molar-refractivity contribution in [2.75, 3.05) is 20.2 Å². The van der Waals surface area contributed by atoms with Gasteiger partial charge in [0.15, 0.2) is 0 Å². The van der Waals surface area contributed by atoms with E-state index in [4.69, 9.17) is 16.3 Å². The molecule has 132 valence electrons. The van der Waals surface area contributed by atoms with Gasteiger partial charge in [-0.15, -0.1) is 0 Å². The molecule has 0 heterocycles. The lowest BCUT2D eigenvalue weighted by Crippen LogP contribution is -2.37. The van der Waals surface area contributed by atoms with E-state index in [9.17, 15) is 9.59 Å². The lowest BCUT2D eigenvalue weighted by atomic mass is 10.1. The minimum absolute atomic E-state index is 0.111. The van der Waals surface area contributed by atoms with E-state index < -0.39 is 5.91 Å². The van der Waals surface area contributed by atoms with Gasteiger partial charge in [0.25, 0.3) is 5.91 Å². The predicted molar refractivity (Wildman–Crippen MR) is 106 cm³/mol. The molecule has 0 bridgehead atoms. The Labute approximate surface area is 165 Å². The normalized spacial score (nSPS) is 10.2. The highest BCUT2D eigenvalue weighted by Gasteiger charge is 2.15. The first kappa shape index (κ1) is 19.5. The average Bonchev–Trinajstić information content (AvgIpc) is 2.62. The molecular formula is C18H18ClIN2O3. The number of ether oxygens (including phenoxy) is 1. The van der Waals surface area contributed by atoms with Crippen LogP contribution >= 0.6 is 34.2 Å². The summed E-state index contributed by atoms with van der Waals surface area (Å²) in [5, 5.41) is 5.81. The first-order valence-corrected chi connectivity index (χ1v) is 9.08. The van der Waals surface area contributed by atoms with Gasteiger partial charge in [-0.1, -0.05) is 41.9 Å². The molecule has 0 aliphatic carbocycles. The number of hydrogen-bond acceptors (Lipinski definition) is 3. The van der Waals surface area contributed by atoms with Crippen molar-refractivity contribution in [3.63, 3.8) is 0 Å². The first-order chi connectivity index (χ1) is 12.0. The van der Waals surface area contributed by atoms with E-state index in [0.717, 1.165) is 15.6 Å². The number of nitrogens with one attached hydrogen (secondary N) is 2. The van der Waals surface area contributed by atoms with Crippen molar-refractivity contribution in [3.8, 4) is 5.75 Å². The van der Waals surface area contributed by atoms with Gasteiger partial charge in [0.1, 0.15) is 5.75 Å². The van der Waals surface area contributed by atoms with Crippen LogP contribution in [0.5, 0.6) is 5.75 Å². The third-order valence-corrected chi connectivity index (χ3v) is 5.00. The topological polar surface area (TPSA) is 67.4 Å². The van der Waals surface area contributed by atoms with Crippen LogP contribution in [0.3, 0.4) is 0 Å². The van der Waals surface area contributed by atoms with Gasteiger partial charge < -0.3 is 15.4 Å². The molecule has 0 saturated carbocycles. The average molecular weight is 473 g/mol. The second-order valence-electron chi connectivity index (χ2n) is 5.23. The number of hydrogen-bond donors (Lipinski definition) is 2. The van der Waals surface area contributed by atoms with Crippen molar-refractivity contribution in [1.29, 1.82) is 0 Å². The van der Waals surface area contributed by atoms with Crippen LogP contribution in [0, 0.1) is 3.57 Å². The Morgan fingerprint density at radius 1 is 1.16 bits per heavy atom. The molecule has 25 heavy (non-hydrogen) atoms. The first-order valence-electron chi connectivity index (χ1n) is 7.63. The largest absolute Gasteiger partial charge is 0.496 e. The van der Waals surface area contributed by atoms with Crippen molar-refractivity contribution in [2.24, 2.45) is 0 Å². The SMILES string of the molecule is COc1cc(I)c(Cl)cc1C(=O)NCC(=O)NCCc1ccccc1. The van der Waals surface area contributed by atoms with E-state index in [2.05, 4.69) is 33.2 Å². The highest BCUT2D eigenvalue weighted by Crippen LogP contribution is 2.28. The Hall–Kier alpha value is -1.80. The minimum Gasteiger partial charge on any atom is -0.496 e. The molecule has 2 aromatic rings. The standard InChI is InChI=1S/C18H18ClIN2O3/c1-25-16-10-15(20)14(19)9-13(16)18(24)22-11-17(23)21-8-7-12-5-3-2-4-6-12/h2-6,9-10H,7-8,11H2,1H3,(H,21,23)(H,22,24). The fraction of sp³-hybridized carbons (Fsp3) is 0.222. The fourth-order valence-corrected chi connectivity index (χ4v) is 2.79. The number of rotatable bonds is 7. The Kier molecular flexibility index (Phi) is 7.52. The van der Waals surface area contributed by atoms with Crippen molar-refractivity contribution < 1.29 is 14.3 Å². The van der Waals surface area contributed by atoms with Gasteiger partial charge in [-0.3, -0.25) is 9.59 Å². The molecule has 0 spiro atoms. The number of carbonyl (C=O) groups is 2. The summed E-state index contributed by atoms with van der Waals surface area (Å²) in [6.45, 7) is 0.401. The smallest absolute Gasteiger partial charge is 0.255 e. The zero-order chi connectivity index (χ0) is 18.2. The van der Waals surface area contributed by atoms with E-state index in [1.165, 1.54) is 13.2 Å². The van der Waals surface area contributed by atoms with Crippen LogP contribution < -0.4 is 15.4 Å². The van der Waals surface area contributed by atoms with Crippen LogP contribution in [-0.4, -0.2) is 32.0 Å². The number of halogens is 2. The number of amides is 2. The van der Waals surface area contributed by atoms with Gasteiger partial charge in [-0.25, -0.2) is 0 Å². The molecule has 5 nitrogen and oxygen atoms in total. The van der Waals surface area contributed by atoms with Gasteiger partial charge in [0, 0.05) is 10.1 Å². The third kappa shape index (κ3) is 5.89. The molecule has 2 aromatic carbocycles.